The highest BCUT2D eigenvalue weighted by atomic mass is 16.6. The van der Waals surface area contributed by atoms with Crippen LogP contribution in [-0.2, 0) is 0 Å². The van der Waals surface area contributed by atoms with Gasteiger partial charge in [-0.2, -0.15) is 0 Å². The summed E-state index contributed by atoms with van der Waals surface area (Å²) in [6, 6.07) is 11.1. The first-order valence-electron chi connectivity index (χ1n) is 8.80. The monoisotopic (exact) mass is 327 g/mol. The summed E-state index contributed by atoms with van der Waals surface area (Å²) < 4.78 is 6.36. The van der Waals surface area contributed by atoms with Crippen molar-refractivity contribution in [2.75, 3.05) is 0 Å². The van der Waals surface area contributed by atoms with Crippen molar-refractivity contribution < 1.29 is 9.66 Å². The molecule has 0 heterocycles. The molecule has 3 atom stereocenters. The van der Waals surface area contributed by atoms with Crippen molar-refractivity contribution in [2.45, 2.75) is 46.1 Å². The molecule has 1 aliphatic rings. The fraction of sp³-hybridized carbons (Fsp3) is 0.500. The minimum absolute atomic E-state index is 0.0401. The summed E-state index contributed by atoms with van der Waals surface area (Å²) in [5, 5.41) is 13.3. The summed E-state index contributed by atoms with van der Waals surface area (Å²) >= 11 is 0. The topological polar surface area (TPSA) is 52.4 Å². The number of hydrogen-bond acceptors (Lipinski definition) is 3. The van der Waals surface area contributed by atoms with E-state index in [0.717, 1.165) is 23.6 Å². The lowest BCUT2D eigenvalue weighted by atomic mass is 9.75. The van der Waals surface area contributed by atoms with E-state index < -0.39 is 0 Å². The Balaban J connectivity index is 2.04. The van der Waals surface area contributed by atoms with Gasteiger partial charge in [-0.05, 0) is 42.0 Å². The lowest BCUT2D eigenvalue weighted by molar-refractivity contribution is -0.386. The molecule has 128 valence electrons. The highest BCUT2D eigenvalue weighted by Gasteiger charge is 2.34. The van der Waals surface area contributed by atoms with Crippen LogP contribution in [0.2, 0.25) is 0 Å². The van der Waals surface area contributed by atoms with Gasteiger partial charge in [0.15, 0.2) is 0 Å². The van der Waals surface area contributed by atoms with E-state index in [1.807, 2.05) is 24.3 Å². The molecule has 3 rings (SSSR count). The van der Waals surface area contributed by atoms with Gasteiger partial charge < -0.3 is 4.74 Å². The lowest BCUT2D eigenvalue weighted by Crippen LogP contribution is -2.36. The molecule has 2 aromatic rings. The second-order valence-electron chi connectivity index (χ2n) is 7.37. The average Bonchev–Trinajstić information content (AvgIpc) is 2.54. The molecular formula is C20H25NO3. The maximum atomic E-state index is 11.5. The zero-order valence-electron chi connectivity index (χ0n) is 14.6. The molecule has 0 amide bonds. The minimum Gasteiger partial charge on any atom is -0.483 e. The molecule has 0 bridgehead atoms. The SMILES string of the molecule is CC(C)[C@@H]1CC[C@@H](C)C[C@H]1Oc1c([N+](=O)[O-])ccc2ccccc12. The van der Waals surface area contributed by atoms with Crippen molar-refractivity contribution in [1.82, 2.24) is 0 Å². The lowest BCUT2D eigenvalue weighted by Gasteiger charge is -2.37. The molecule has 0 unspecified atom stereocenters. The van der Waals surface area contributed by atoms with Gasteiger partial charge in [-0.25, -0.2) is 0 Å². The fourth-order valence-corrected chi connectivity index (χ4v) is 3.90. The molecule has 24 heavy (non-hydrogen) atoms. The van der Waals surface area contributed by atoms with Crippen molar-refractivity contribution in [1.29, 1.82) is 0 Å². The molecular weight excluding hydrogens is 302 g/mol. The smallest absolute Gasteiger partial charge is 0.311 e. The van der Waals surface area contributed by atoms with Crippen LogP contribution in [0.15, 0.2) is 36.4 Å². The van der Waals surface area contributed by atoms with Crippen LogP contribution in [0.3, 0.4) is 0 Å². The molecule has 0 N–H and O–H groups in total. The van der Waals surface area contributed by atoms with Gasteiger partial charge in [-0.15, -0.1) is 0 Å². The van der Waals surface area contributed by atoms with Crippen LogP contribution in [0.25, 0.3) is 10.8 Å². The first-order valence-corrected chi connectivity index (χ1v) is 8.80. The van der Waals surface area contributed by atoms with Gasteiger partial charge in [-0.3, -0.25) is 10.1 Å². The molecule has 1 saturated carbocycles. The number of nitrogens with zero attached hydrogens (tertiary/aromatic N) is 1. The molecule has 0 spiro atoms. The van der Waals surface area contributed by atoms with Gasteiger partial charge in [0.05, 0.1) is 4.92 Å². The van der Waals surface area contributed by atoms with Gasteiger partial charge in [0.2, 0.25) is 5.75 Å². The summed E-state index contributed by atoms with van der Waals surface area (Å²) in [6.07, 6.45) is 3.34. The van der Waals surface area contributed by atoms with Crippen LogP contribution in [-0.4, -0.2) is 11.0 Å². The van der Waals surface area contributed by atoms with Crippen LogP contribution in [0.5, 0.6) is 5.75 Å². The summed E-state index contributed by atoms with van der Waals surface area (Å²) in [7, 11) is 0. The standard InChI is InChI=1S/C20H25NO3/c1-13(2)16-10-8-14(3)12-19(16)24-20-17-7-5-4-6-15(17)9-11-18(20)21(22)23/h4-7,9,11,13-14,16,19H,8,10,12H2,1-3H3/t14-,16+,19-/m1/s1. The van der Waals surface area contributed by atoms with Crippen molar-refractivity contribution in [3.05, 3.63) is 46.5 Å². The molecule has 4 nitrogen and oxygen atoms in total. The van der Waals surface area contributed by atoms with Crippen molar-refractivity contribution in [3.8, 4) is 5.75 Å². The number of rotatable bonds is 4. The second-order valence-corrected chi connectivity index (χ2v) is 7.37. The molecule has 1 aliphatic carbocycles. The van der Waals surface area contributed by atoms with Crippen LogP contribution in [0.4, 0.5) is 5.69 Å². The van der Waals surface area contributed by atoms with E-state index in [0.29, 0.717) is 23.5 Å². The summed E-state index contributed by atoms with van der Waals surface area (Å²) in [6.45, 7) is 6.67. The molecule has 2 aromatic carbocycles. The molecule has 0 aromatic heterocycles. The number of hydrogen-bond donors (Lipinski definition) is 0. The maximum absolute atomic E-state index is 11.5. The van der Waals surface area contributed by atoms with Crippen molar-refractivity contribution in [2.24, 2.45) is 17.8 Å². The summed E-state index contributed by atoms with van der Waals surface area (Å²) in [4.78, 5) is 11.2. The third-order valence-corrected chi connectivity index (χ3v) is 5.29. The van der Waals surface area contributed by atoms with Gasteiger partial charge in [0, 0.05) is 11.5 Å². The highest BCUT2D eigenvalue weighted by Crippen LogP contribution is 2.41. The predicted molar refractivity (Wildman–Crippen MR) is 96.4 cm³/mol. The van der Waals surface area contributed by atoms with Crippen molar-refractivity contribution >= 4 is 16.5 Å². The first kappa shape index (κ1) is 16.7. The van der Waals surface area contributed by atoms with E-state index in [1.54, 1.807) is 12.1 Å². The van der Waals surface area contributed by atoms with Gasteiger partial charge in [0.1, 0.15) is 6.10 Å². The van der Waals surface area contributed by atoms with Gasteiger partial charge in [-0.1, -0.05) is 51.5 Å². The van der Waals surface area contributed by atoms with Gasteiger partial charge >= 0.3 is 5.69 Å². The van der Waals surface area contributed by atoms with Crippen LogP contribution in [0.1, 0.15) is 40.0 Å². The van der Waals surface area contributed by atoms with Crippen LogP contribution < -0.4 is 4.74 Å². The van der Waals surface area contributed by atoms with E-state index in [9.17, 15) is 10.1 Å². The van der Waals surface area contributed by atoms with Crippen LogP contribution >= 0.6 is 0 Å². The Kier molecular flexibility index (Phi) is 4.74. The zero-order chi connectivity index (χ0) is 17.3. The Morgan fingerprint density at radius 1 is 1.17 bits per heavy atom. The Hall–Kier alpha value is -2.10. The van der Waals surface area contributed by atoms with Crippen molar-refractivity contribution in [3.63, 3.8) is 0 Å². The number of fused-ring (bicyclic) bond motifs is 1. The Labute approximate surface area is 143 Å². The molecule has 4 heteroatoms. The Morgan fingerprint density at radius 3 is 2.62 bits per heavy atom. The third kappa shape index (κ3) is 3.23. The second kappa shape index (κ2) is 6.80. The molecule has 1 fully saturated rings. The van der Waals surface area contributed by atoms with Gasteiger partial charge in [0.25, 0.3) is 0 Å². The summed E-state index contributed by atoms with van der Waals surface area (Å²) in [5.74, 6) is 1.98. The Bertz CT molecular complexity index is 741. The van der Waals surface area contributed by atoms with E-state index in [2.05, 4.69) is 20.8 Å². The zero-order valence-corrected chi connectivity index (χ0v) is 14.6. The predicted octanol–water partition coefficient (Wildman–Crippen LogP) is 5.59. The molecule has 0 saturated heterocycles. The highest BCUT2D eigenvalue weighted by molar-refractivity contribution is 5.91. The van der Waals surface area contributed by atoms with E-state index >= 15 is 0 Å². The van der Waals surface area contributed by atoms with Crippen LogP contribution in [0, 0.1) is 27.9 Å². The molecule has 0 radical (unpaired) electrons. The number of nitro benzene ring substituents is 1. The fourth-order valence-electron chi connectivity index (χ4n) is 3.90. The number of benzene rings is 2. The molecule has 0 aliphatic heterocycles. The summed E-state index contributed by atoms with van der Waals surface area (Å²) in [5.41, 5.74) is 0.0643. The van der Waals surface area contributed by atoms with E-state index in [1.165, 1.54) is 6.42 Å². The maximum Gasteiger partial charge on any atom is 0.311 e. The normalized spacial score (nSPS) is 24.2. The minimum atomic E-state index is -0.335. The number of nitro groups is 1. The first-order chi connectivity index (χ1) is 11.5. The quantitative estimate of drug-likeness (QED) is 0.543. The number of ether oxygens (including phenoxy) is 1. The van der Waals surface area contributed by atoms with E-state index in [-0.39, 0.29) is 16.7 Å². The third-order valence-electron chi connectivity index (χ3n) is 5.29. The van der Waals surface area contributed by atoms with E-state index in [4.69, 9.17) is 4.74 Å². The largest absolute Gasteiger partial charge is 0.483 e. The Morgan fingerprint density at radius 2 is 1.92 bits per heavy atom. The average molecular weight is 327 g/mol.